The van der Waals surface area contributed by atoms with E-state index in [1.54, 1.807) is 0 Å². The fourth-order valence-electron chi connectivity index (χ4n) is 3.07. The summed E-state index contributed by atoms with van der Waals surface area (Å²) >= 11 is 0. The number of hydrogen-bond acceptors (Lipinski definition) is 2. The number of hydrogen-bond donors (Lipinski definition) is 1. The maximum absolute atomic E-state index is 12.9. The Morgan fingerprint density at radius 2 is 1.83 bits per heavy atom. The molecule has 0 heterocycles. The first-order valence-corrected chi connectivity index (χ1v) is 7.93. The molecule has 1 fully saturated rings. The van der Waals surface area contributed by atoms with Crippen molar-refractivity contribution in [3.05, 3.63) is 29.8 Å². The summed E-state index contributed by atoms with van der Waals surface area (Å²) in [6, 6.07) is 5.38. The third kappa shape index (κ3) is 4.96. The van der Waals surface area contributed by atoms with Crippen molar-refractivity contribution in [2.24, 2.45) is 5.92 Å². The molecule has 3 nitrogen and oxygen atoms in total. The molecular weight excluding hydrogens is 305 g/mol. The van der Waals surface area contributed by atoms with Gasteiger partial charge in [0.2, 0.25) is 5.91 Å². The number of likely N-dealkylation sites (N-methyl/N-ethyl adjacent to an activating group) is 1. The van der Waals surface area contributed by atoms with Crippen LogP contribution < -0.4 is 5.32 Å². The van der Waals surface area contributed by atoms with Gasteiger partial charge in [0.1, 0.15) is 0 Å². The Bertz CT molecular complexity index is 537. The van der Waals surface area contributed by atoms with Gasteiger partial charge in [0, 0.05) is 6.04 Å². The average molecular weight is 328 g/mol. The fraction of sp³-hybridized carbons (Fsp3) is 0.588. The maximum Gasteiger partial charge on any atom is 0.418 e. The summed E-state index contributed by atoms with van der Waals surface area (Å²) in [4.78, 5) is 14.0. The largest absolute Gasteiger partial charge is 0.418 e. The first-order valence-electron chi connectivity index (χ1n) is 7.93. The first-order chi connectivity index (χ1) is 10.8. The molecule has 1 aliphatic carbocycles. The highest BCUT2D eigenvalue weighted by Crippen LogP contribution is 2.34. The minimum Gasteiger partial charge on any atom is -0.324 e. The van der Waals surface area contributed by atoms with Crippen molar-refractivity contribution >= 4 is 11.6 Å². The van der Waals surface area contributed by atoms with Crippen molar-refractivity contribution in [2.75, 3.05) is 18.9 Å². The van der Waals surface area contributed by atoms with E-state index in [1.165, 1.54) is 18.2 Å². The maximum atomic E-state index is 12.9. The molecule has 1 amide bonds. The third-order valence-corrected chi connectivity index (χ3v) is 4.51. The van der Waals surface area contributed by atoms with Crippen molar-refractivity contribution in [1.29, 1.82) is 0 Å². The molecule has 0 saturated heterocycles. The molecule has 0 aliphatic heterocycles. The molecule has 128 valence electrons. The molecule has 1 aromatic carbocycles. The molecule has 23 heavy (non-hydrogen) atoms. The highest BCUT2D eigenvalue weighted by molar-refractivity contribution is 5.93. The third-order valence-electron chi connectivity index (χ3n) is 4.51. The molecular formula is C17H23F3N2O. The standard InChI is InChI=1S/C17H23F3N2O/c1-12-7-9-13(10-8-12)22(2)11-16(23)21-15-6-4-3-5-14(15)17(18,19)20/h3-6,12-13H,7-11H2,1-2H3,(H,21,23). The zero-order valence-corrected chi connectivity index (χ0v) is 13.5. The van der Waals surface area contributed by atoms with Crippen LogP contribution in [0.15, 0.2) is 24.3 Å². The van der Waals surface area contributed by atoms with Gasteiger partial charge in [0.25, 0.3) is 0 Å². The minimum absolute atomic E-state index is 0.102. The number of halogens is 3. The summed E-state index contributed by atoms with van der Waals surface area (Å²) in [6.07, 6.45) is -0.148. The van der Waals surface area contributed by atoms with Gasteiger partial charge >= 0.3 is 6.18 Å². The van der Waals surface area contributed by atoms with Gasteiger partial charge in [-0.05, 0) is 50.8 Å². The van der Waals surface area contributed by atoms with Crippen LogP contribution in [0.25, 0.3) is 0 Å². The van der Waals surface area contributed by atoms with Gasteiger partial charge in [0.15, 0.2) is 0 Å². The molecule has 0 aromatic heterocycles. The molecule has 0 unspecified atom stereocenters. The number of amides is 1. The van der Waals surface area contributed by atoms with Gasteiger partial charge in [0.05, 0.1) is 17.8 Å². The molecule has 1 aromatic rings. The van der Waals surface area contributed by atoms with Gasteiger partial charge in [-0.1, -0.05) is 19.1 Å². The summed E-state index contributed by atoms with van der Waals surface area (Å²) in [6.45, 7) is 2.32. The predicted octanol–water partition coefficient (Wildman–Crippen LogP) is 4.15. The molecule has 0 bridgehead atoms. The zero-order valence-electron chi connectivity index (χ0n) is 13.5. The Morgan fingerprint density at radius 3 is 2.43 bits per heavy atom. The van der Waals surface area contributed by atoms with E-state index in [-0.39, 0.29) is 12.2 Å². The lowest BCUT2D eigenvalue weighted by atomic mass is 9.87. The number of alkyl halides is 3. The van der Waals surface area contributed by atoms with Gasteiger partial charge in [-0.3, -0.25) is 9.69 Å². The Kier molecular flexibility index (Phi) is 5.68. The van der Waals surface area contributed by atoms with Gasteiger partial charge < -0.3 is 5.32 Å². The van der Waals surface area contributed by atoms with Crippen LogP contribution in [-0.4, -0.2) is 30.4 Å². The van der Waals surface area contributed by atoms with E-state index in [0.717, 1.165) is 31.7 Å². The highest BCUT2D eigenvalue weighted by atomic mass is 19.4. The molecule has 0 radical (unpaired) electrons. The summed E-state index contributed by atoms with van der Waals surface area (Å²) in [7, 11) is 1.86. The van der Waals surface area contributed by atoms with Crippen molar-refractivity contribution < 1.29 is 18.0 Å². The molecule has 1 saturated carbocycles. The summed E-state index contributed by atoms with van der Waals surface area (Å²) < 4.78 is 38.8. The van der Waals surface area contributed by atoms with Crippen LogP contribution >= 0.6 is 0 Å². The predicted molar refractivity (Wildman–Crippen MR) is 84.1 cm³/mol. The van der Waals surface area contributed by atoms with E-state index in [2.05, 4.69) is 12.2 Å². The lowest BCUT2D eigenvalue weighted by Crippen LogP contribution is -2.40. The van der Waals surface area contributed by atoms with Crippen LogP contribution in [0.5, 0.6) is 0 Å². The number of benzene rings is 1. The lowest BCUT2D eigenvalue weighted by Gasteiger charge is -2.33. The Labute approximate surface area is 134 Å². The first kappa shape index (κ1) is 17.8. The monoisotopic (exact) mass is 328 g/mol. The van der Waals surface area contributed by atoms with E-state index in [9.17, 15) is 18.0 Å². The molecule has 1 N–H and O–H groups in total. The second-order valence-electron chi connectivity index (χ2n) is 6.42. The molecule has 2 rings (SSSR count). The van der Waals surface area contributed by atoms with E-state index in [4.69, 9.17) is 0 Å². The highest BCUT2D eigenvalue weighted by Gasteiger charge is 2.33. The molecule has 0 atom stereocenters. The number of nitrogens with zero attached hydrogens (tertiary/aromatic N) is 1. The summed E-state index contributed by atoms with van der Waals surface area (Å²) in [5, 5.41) is 2.40. The van der Waals surface area contributed by atoms with Crippen molar-refractivity contribution in [3.8, 4) is 0 Å². The molecule has 0 spiro atoms. The minimum atomic E-state index is -4.48. The number of para-hydroxylation sites is 1. The fourth-order valence-corrected chi connectivity index (χ4v) is 3.07. The molecule has 6 heteroatoms. The van der Waals surface area contributed by atoms with Crippen LogP contribution in [0.2, 0.25) is 0 Å². The number of anilines is 1. The number of rotatable bonds is 4. The van der Waals surface area contributed by atoms with E-state index < -0.39 is 17.6 Å². The van der Waals surface area contributed by atoms with Gasteiger partial charge in [-0.2, -0.15) is 13.2 Å². The van der Waals surface area contributed by atoms with Gasteiger partial charge in [-0.25, -0.2) is 0 Å². The summed E-state index contributed by atoms with van der Waals surface area (Å²) in [5.41, 5.74) is -1.00. The van der Waals surface area contributed by atoms with E-state index >= 15 is 0 Å². The van der Waals surface area contributed by atoms with Crippen LogP contribution in [0.4, 0.5) is 18.9 Å². The van der Waals surface area contributed by atoms with Crippen molar-refractivity contribution in [1.82, 2.24) is 4.90 Å². The van der Waals surface area contributed by atoms with Crippen LogP contribution in [0.1, 0.15) is 38.2 Å². The van der Waals surface area contributed by atoms with E-state index in [1.807, 2.05) is 11.9 Å². The Hall–Kier alpha value is -1.56. The van der Waals surface area contributed by atoms with Crippen LogP contribution in [0, 0.1) is 5.92 Å². The number of carbonyl (C=O) groups is 1. The SMILES string of the molecule is CC1CCC(N(C)CC(=O)Nc2ccccc2C(F)(F)F)CC1. The quantitative estimate of drug-likeness (QED) is 0.900. The van der Waals surface area contributed by atoms with E-state index in [0.29, 0.717) is 12.0 Å². The molecule has 1 aliphatic rings. The second kappa shape index (κ2) is 7.34. The Morgan fingerprint density at radius 1 is 1.22 bits per heavy atom. The van der Waals surface area contributed by atoms with Crippen molar-refractivity contribution in [2.45, 2.75) is 44.8 Å². The van der Waals surface area contributed by atoms with Gasteiger partial charge in [-0.15, -0.1) is 0 Å². The Balaban J connectivity index is 1.95. The van der Waals surface area contributed by atoms with Crippen LogP contribution in [0.3, 0.4) is 0 Å². The average Bonchev–Trinajstić information content (AvgIpc) is 2.47. The normalized spacial score (nSPS) is 22.2. The van der Waals surface area contributed by atoms with Crippen LogP contribution in [-0.2, 0) is 11.0 Å². The van der Waals surface area contributed by atoms with Crippen molar-refractivity contribution in [3.63, 3.8) is 0 Å². The zero-order chi connectivity index (χ0) is 17.0. The smallest absolute Gasteiger partial charge is 0.324 e. The topological polar surface area (TPSA) is 32.3 Å². The summed E-state index contributed by atoms with van der Waals surface area (Å²) in [5.74, 6) is 0.301. The number of nitrogens with one attached hydrogen (secondary N) is 1. The second-order valence-corrected chi connectivity index (χ2v) is 6.42. The number of carbonyl (C=O) groups excluding carboxylic acids is 1. The lowest BCUT2D eigenvalue weighted by molar-refractivity contribution is -0.137.